The molecule has 0 spiro atoms. The van der Waals surface area contributed by atoms with E-state index in [1.807, 2.05) is 26.2 Å². The van der Waals surface area contributed by atoms with Gasteiger partial charge in [0, 0.05) is 35.5 Å². The van der Waals surface area contributed by atoms with Crippen LogP contribution in [0.15, 0.2) is 24.5 Å². The van der Waals surface area contributed by atoms with E-state index in [2.05, 4.69) is 34.0 Å². The summed E-state index contributed by atoms with van der Waals surface area (Å²) in [6.45, 7) is 6.57. The second-order valence-electron chi connectivity index (χ2n) is 8.62. The van der Waals surface area contributed by atoms with Gasteiger partial charge in [0.2, 0.25) is 5.88 Å². The number of hydrogen-bond donors (Lipinski definition) is 1. The molecule has 0 bridgehead atoms. The van der Waals surface area contributed by atoms with Crippen molar-refractivity contribution >= 4 is 0 Å². The summed E-state index contributed by atoms with van der Waals surface area (Å²) in [5.74, 6) is 2.85. The molecule has 1 N–H and O–H groups in total. The number of aryl methyl sites for hydroxylation is 2. The summed E-state index contributed by atoms with van der Waals surface area (Å²) in [5.41, 5.74) is 2.93. The van der Waals surface area contributed by atoms with Crippen LogP contribution in [0.3, 0.4) is 0 Å². The third-order valence-electron chi connectivity index (χ3n) is 6.07. The zero-order valence-electron chi connectivity index (χ0n) is 16.5. The van der Waals surface area contributed by atoms with E-state index in [0.29, 0.717) is 24.4 Å². The Labute approximate surface area is 161 Å². The van der Waals surface area contributed by atoms with Crippen molar-refractivity contribution in [1.29, 1.82) is 0 Å². The van der Waals surface area contributed by atoms with Gasteiger partial charge in [-0.15, -0.1) is 0 Å². The van der Waals surface area contributed by atoms with Crippen LogP contribution in [-0.2, 0) is 0 Å². The van der Waals surface area contributed by atoms with Crippen LogP contribution in [0.25, 0.3) is 0 Å². The number of pyridine rings is 1. The van der Waals surface area contributed by atoms with Crippen LogP contribution in [0.2, 0.25) is 0 Å². The average molecular weight is 367 g/mol. The first-order valence-electron chi connectivity index (χ1n) is 10.0. The van der Waals surface area contributed by atoms with E-state index in [1.54, 1.807) is 0 Å². The first-order chi connectivity index (χ1) is 12.9. The minimum Gasteiger partial charge on any atom is -0.477 e. The van der Waals surface area contributed by atoms with Crippen LogP contribution in [0.4, 0.5) is 0 Å². The van der Waals surface area contributed by atoms with Crippen molar-refractivity contribution < 1.29 is 9.84 Å². The number of nitrogens with zero attached hydrogens (tertiary/aromatic N) is 3. The number of ether oxygens (including phenoxy) is 1. The van der Waals surface area contributed by atoms with Crippen molar-refractivity contribution in [2.45, 2.75) is 70.3 Å². The van der Waals surface area contributed by atoms with Gasteiger partial charge in [0.25, 0.3) is 0 Å². The largest absolute Gasteiger partial charge is 0.477 e. The molecule has 5 heteroatoms. The number of rotatable bonds is 5. The van der Waals surface area contributed by atoms with Gasteiger partial charge >= 0.3 is 0 Å². The maximum absolute atomic E-state index is 10.2. The van der Waals surface area contributed by atoms with Crippen molar-refractivity contribution in [2.75, 3.05) is 6.61 Å². The second kappa shape index (κ2) is 7.19. The van der Waals surface area contributed by atoms with Crippen molar-refractivity contribution in [1.82, 2.24) is 15.0 Å². The van der Waals surface area contributed by atoms with E-state index in [0.717, 1.165) is 49.4 Å². The Morgan fingerprint density at radius 3 is 2.63 bits per heavy atom. The van der Waals surface area contributed by atoms with Crippen LogP contribution < -0.4 is 4.74 Å². The van der Waals surface area contributed by atoms with Gasteiger partial charge in [-0.25, -0.2) is 4.98 Å². The standard InChI is InChI=1S/C22H29N3O2/c1-14-4-5-20(24-11-14)18-10-17(18)13-27-21-19(12-23-15(2)25-21)16-6-8-22(3,26)9-7-16/h4-5,11-12,16-18,26H,6-10,13H2,1-3H3/t16?,17?,18-,22?/m1/s1. The molecule has 2 atom stereocenters. The molecule has 2 aromatic heterocycles. The molecule has 2 fully saturated rings. The predicted octanol–water partition coefficient (Wildman–Crippen LogP) is 4.08. The highest BCUT2D eigenvalue weighted by Crippen LogP contribution is 2.47. The molecule has 144 valence electrons. The quantitative estimate of drug-likeness (QED) is 0.862. The molecule has 2 aromatic rings. The molecule has 2 aliphatic rings. The summed E-state index contributed by atoms with van der Waals surface area (Å²) in [4.78, 5) is 13.5. The monoisotopic (exact) mass is 367 g/mol. The van der Waals surface area contributed by atoms with Gasteiger partial charge in [-0.05, 0) is 70.4 Å². The van der Waals surface area contributed by atoms with Gasteiger partial charge in [-0.1, -0.05) is 6.07 Å². The molecule has 0 saturated heterocycles. The van der Waals surface area contributed by atoms with E-state index in [1.165, 1.54) is 11.3 Å². The minimum absolute atomic E-state index is 0.370. The molecule has 2 aliphatic carbocycles. The molecule has 1 unspecified atom stereocenters. The summed E-state index contributed by atoms with van der Waals surface area (Å²) in [5, 5.41) is 10.2. The first kappa shape index (κ1) is 18.4. The fourth-order valence-electron chi connectivity index (χ4n) is 4.08. The lowest BCUT2D eigenvalue weighted by atomic mass is 9.77. The molecule has 27 heavy (non-hydrogen) atoms. The van der Waals surface area contributed by atoms with Crippen LogP contribution in [-0.4, -0.2) is 32.3 Å². The Morgan fingerprint density at radius 2 is 1.93 bits per heavy atom. The van der Waals surface area contributed by atoms with Gasteiger partial charge < -0.3 is 9.84 Å². The van der Waals surface area contributed by atoms with Gasteiger partial charge in [-0.2, -0.15) is 4.98 Å². The average Bonchev–Trinajstić information content (AvgIpc) is 3.41. The Hall–Kier alpha value is -2.01. The van der Waals surface area contributed by atoms with Crippen molar-refractivity contribution in [3.05, 3.63) is 47.2 Å². The van der Waals surface area contributed by atoms with Crippen molar-refractivity contribution in [3.8, 4) is 5.88 Å². The van der Waals surface area contributed by atoms with Crippen LogP contribution in [0.1, 0.15) is 73.5 Å². The number of hydrogen-bond acceptors (Lipinski definition) is 5. The molecule has 0 amide bonds. The highest BCUT2D eigenvalue weighted by Gasteiger charge is 2.40. The zero-order valence-corrected chi connectivity index (χ0v) is 16.5. The van der Waals surface area contributed by atoms with E-state index in [-0.39, 0.29) is 0 Å². The molecule has 2 heterocycles. The summed E-state index contributed by atoms with van der Waals surface area (Å²) in [6, 6.07) is 4.26. The number of aliphatic hydroxyl groups is 1. The lowest BCUT2D eigenvalue weighted by molar-refractivity contribution is 0.0168. The summed E-state index contributed by atoms with van der Waals surface area (Å²) in [6.07, 6.45) is 8.53. The summed E-state index contributed by atoms with van der Waals surface area (Å²) >= 11 is 0. The van der Waals surface area contributed by atoms with Crippen LogP contribution in [0.5, 0.6) is 5.88 Å². The SMILES string of the molecule is Cc1ccc([C@@H]2CC2COc2nc(C)ncc2C2CCC(C)(O)CC2)nc1. The summed E-state index contributed by atoms with van der Waals surface area (Å²) < 4.78 is 6.18. The third-order valence-corrected chi connectivity index (χ3v) is 6.07. The van der Waals surface area contributed by atoms with E-state index < -0.39 is 5.60 Å². The molecule has 4 rings (SSSR count). The summed E-state index contributed by atoms with van der Waals surface area (Å²) in [7, 11) is 0. The van der Waals surface area contributed by atoms with Gasteiger partial charge in [0.1, 0.15) is 5.82 Å². The topological polar surface area (TPSA) is 68.1 Å². The fraction of sp³-hybridized carbons (Fsp3) is 0.591. The highest BCUT2D eigenvalue weighted by molar-refractivity contribution is 5.29. The van der Waals surface area contributed by atoms with Crippen LogP contribution >= 0.6 is 0 Å². The zero-order chi connectivity index (χ0) is 19.0. The molecule has 2 saturated carbocycles. The Kier molecular flexibility index (Phi) is 4.89. The van der Waals surface area contributed by atoms with E-state index in [4.69, 9.17) is 4.74 Å². The smallest absolute Gasteiger partial charge is 0.220 e. The maximum Gasteiger partial charge on any atom is 0.220 e. The van der Waals surface area contributed by atoms with E-state index >= 15 is 0 Å². The van der Waals surface area contributed by atoms with Gasteiger partial charge in [0.15, 0.2) is 0 Å². The lowest BCUT2D eigenvalue weighted by Crippen LogP contribution is -2.29. The van der Waals surface area contributed by atoms with Crippen molar-refractivity contribution in [3.63, 3.8) is 0 Å². The lowest BCUT2D eigenvalue weighted by Gasteiger charge is -2.33. The highest BCUT2D eigenvalue weighted by atomic mass is 16.5. The Balaban J connectivity index is 1.40. The van der Waals surface area contributed by atoms with Gasteiger partial charge in [0.05, 0.1) is 12.2 Å². The molecule has 0 aromatic carbocycles. The Morgan fingerprint density at radius 1 is 1.15 bits per heavy atom. The van der Waals surface area contributed by atoms with E-state index in [9.17, 15) is 5.11 Å². The molecule has 0 radical (unpaired) electrons. The first-order valence-corrected chi connectivity index (χ1v) is 10.0. The maximum atomic E-state index is 10.2. The Bertz CT molecular complexity index is 794. The van der Waals surface area contributed by atoms with Crippen molar-refractivity contribution in [2.24, 2.45) is 5.92 Å². The second-order valence-corrected chi connectivity index (χ2v) is 8.62. The molecule has 0 aliphatic heterocycles. The molecule has 5 nitrogen and oxygen atoms in total. The third kappa shape index (κ3) is 4.29. The predicted molar refractivity (Wildman–Crippen MR) is 104 cm³/mol. The normalized spacial score (nSPS) is 30.1. The van der Waals surface area contributed by atoms with Gasteiger partial charge in [-0.3, -0.25) is 4.98 Å². The molecular weight excluding hydrogens is 338 g/mol. The number of aromatic nitrogens is 3. The minimum atomic E-state index is -0.536. The van der Waals surface area contributed by atoms with Crippen LogP contribution in [0, 0.1) is 19.8 Å². The fourth-order valence-corrected chi connectivity index (χ4v) is 4.08. The molecular formula is C22H29N3O2.